The molecule has 0 aliphatic heterocycles. The van der Waals surface area contributed by atoms with Crippen LogP contribution in [0, 0.1) is 0 Å². The van der Waals surface area contributed by atoms with Crippen LogP contribution < -0.4 is 0 Å². The highest BCUT2D eigenvalue weighted by molar-refractivity contribution is 9.11. The van der Waals surface area contributed by atoms with E-state index < -0.39 is 0 Å². The van der Waals surface area contributed by atoms with Gasteiger partial charge in [0.1, 0.15) is 0 Å². The van der Waals surface area contributed by atoms with Gasteiger partial charge in [-0.15, -0.1) is 6.58 Å². The molecule has 3 heteroatoms. The van der Waals surface area contributed by atoms with E-state index in [4.69, 9.17) is 0 Å². The maximum atomic E-state index is 3.58. The second-order valence-electron chi connectivity index (χ2n) is 3.81. The second kappa shape index (κ2) is 27.1. The topological polar surface area (TPSA) is 0 Å². The van der Waals surface area contributed by atoms with Gasteiger partial charge in [-0.3, -0.25) is 0 Å². The Hall–Kier alpha value is 0.660. The molecular weight excluding hydrogens is 432 g/mol. The van der Waals surface area contributed by atoms with Crippen LogP contribution >= 0.6 is 47.8 Å². The number of rotatable bonds is 7. The number of alkyl halides is 1. The normalized spacial score (nSPS) is 11.5. The lowest BCUT2D eigenvalue weighted by molar-refractivity contribution is 0.815. The van der Waals surface area contributed by atoms with E-state index in [-0.39, 0.29) is 0 Å². The van der Waals surface area contributed by atoms with Crippen molar-refractivity contribution in [3.8, 4) is 0 Å². The van der Waals surface area contributed by atoms with Gasteiger partial charge < -0.3 is 0 Å². The number of hydrogen-bond acceptors (Lipinski definition) is 0. The number of allylic oxidation sites excluding steroid dienone is 3. The fourth-order valence-corrected chi connectivity index (χ4v) is 1.31. The molecule has 0 bridgehead atoms. The lowest BCUT2D eigenvalue weighted by Gasteiger charge is -1.91. The summed E-state index contributed by atoms with van der Waals surface area (Å²) in [6.07, 6.45) is 13.5. The first-order valence-electron chi connectivity index (χ1n) is 6.91. The van der Waals surface area contributed by atoms with Crippen LogP contribution in [0.3, 0.4) is 0 Å². The Morgan fingerprint density at radius 3 is 1.68 bits per heavy atom. The fourth-order valence-electron chi connectivity index (χ4n) is 0.781. The average molecular weight is 461 g/mol. The van der Waals surface area contributed by atoms with Crippen LogP contribution in [0.1, 0.15) is 59.3 Å². The molecule has 0 aromatic heterocycles. The van der Waals surface area contributed by atoms with Gasteiger partial charge in [-0.1, -0.05) is 106 Å². The summed E-state index contributed by atoms with van der Waals surface area (Å²) >= 11 is 9.73. The van der Waals surface area contributed by atoms with Gasteiger partial charge in [0.05, 0.1) is 0 Å². The first-order valence-corrected chi connectivity index (χ1v) is 9.66. The predicted molar refractivity (Wildman–Crippen MR) is 104 cm³/mol. The lowest BCUT2D eigenvalue weighted by atomic mass is 10.3. The highest BCUT2D eigenvalue weighted by Crippen LogP contribution is 2.02. The molecule has 0 spiro atoms. The molecule has 0 saturated carbocycles. The summed E-state index contributed by atoms with van der Waals surface area (Å²) in [7, 11) is 0. The van der Waals surface area contributed by atoms with Crippen molar-refractivity contribution in [2.24, 2.45) is 0 Å². The van der Waals surface area contributed by atoms with E-state index in [1.165, 1.54) is 32.1 Å². The van der Waals surface area contributed by atoms with Crippen LogP contribution in [0.15, 0.2) is 34.8 Å². The minimum absolute atomic E-state index is 0.512. The highest BCUT2D eigenvalue weighted by atomic mass is 79.9. The van der Waals surface area contributed by atoms with Gasteiger partial charge >= 0.3 is 0 Å². The smallest absolute Gasteiger partial charge is 0.0320 e. The predicted octanol–water partition coefficient (Wildman–Crippen LogP) is 8.13. The molecule has 0 aromatic carbocycles. The molecule has 0 N–H and O–H groups in total. The zero-order valence-corrected chi connectivity index (χ0v) is 17.3. The molecule has 0 aliphatic rings. The van der Waals surface area contributed by atoms with Gasteiger partial charge in [0.2, 0.25) is 0 Å². The number of halogens is 3. The van der Waals surface area contributed by atoms with Gasteiger partial charge in [-0.2, -0.15) is 0 Å². The van der Waals surface area contributed by atoms with Crippen molar-refractivity contribution < 1.29 is 0 Å². The maximum Gasteiger partial charge on any atom is 0.0320 e. The molecule has 0 fully saturated rings. The van der Waals surface area contributed by atoms with Crippen molar-refractivity contribution in [3.63, 3.8) is 0 Å². The minimum atomic E-state index is 0.512. The number of hydrogen-bond donors (Lipinski definition) is 0. The summed E-state index contributed by atoms with van der Waals surface area (Å²) in [5, 5.41) is 0. The van der Waals surface area contributed by atoms with E-state index in [2.05, 4.69) is 87.3 Å². The van der Waals surface area contributed by atoms with E-state index in [1.54, 1.807) is 0 Å². The Labute approximate surface area is 146 Å². The van der Waals surface area contributed by atoms with E-state index >= 15 is 0 Å². The molecule has 1 unspecified atom stereocenters. The summed E-state index contributed by atoms with van der Waals surface area (Å²) in [6, 6.07) is 0. The summed E-state index contributed by atoms with van der Waals surface area (Å²) in [4.78, 5) is 4.33. The van der Waals surface area contributed by atoms with Crippen LogP contribution in [0.25, 0.3) is 0 Å². The molecule has 0 aromatic rings. The summed E-state index contributed by atoms with van der Waals surface area (Å²) in [5.41, 5.74) is 0. The molecule has 0 radical (unpaired) electrons. The molecular formula is C16H29Br3. The molecule has 0 heterocycles. The van der Waals surface area contributed by atoms with Crippen molar-refractivity contribution in [2.75, 3.05) is 0 Å². The van der Waals surface area contributed by atoms with Gasteiger partial charge in [0, 0.05) is 4.83 Å². The van der Waals surface area contributed by atoms with Crippen molar-refractivity contribution >= 4 is 47.8 Å². The van der Waals surface area contributed by atoms with Crippen LogP contribution in [0.4, 0.5) is 0 Å². The largest absolute Gasteiger partial charge is 0.102 e. The van der Waals surface area contributed by atoms with Gasteiger partial charge in [-0.25, -0.2) is 0 Å². The fraction of sp³-hybridized carbons (Fsp3) is 0.625. The first kappa shape index (κ1) is 24.7. The Morgan fingerprint density at radius 1 is 0.947 bits per heavy atom. The van der Waals surface area contributed by atoms with Crippen LogP contribution in [0.2, 0.25) is 0 Å². The highest BCUT2D eigenvalue weighted by Gasteiger charge is 1.86. The molecule has 0 amide bonds. The Morgan fingerprint density at radius 2 is 1.47 bits per heavy atom. The van der Waals surface area contributed by atoms with Crippen molar-refractivity contribution in [2.45, 2.75) is 64.1 Å². The zero-order valence-electron chi connectivity index (χ0n) is 12.5. The molecule has 19 heavy (non-hydrogen) atoms. The van der Waals surface area contributed by atoms with E-state index in [0.717, 1.165) is 6.42 Å². The van der Waals surface area contributed by atoms with E-state index in [1.807, 2.05) is 16.0 Å². The molecule has 114 valence electrons. The Bertz CT molecular complexity index is 198. The monoisotopic (exact) mass is 458 g/mol. The minimum Gasteiger partial charge on any atom is -0.102 e. The van der Waals surface area contributed by atoms with E-state index in [0.29, 0.717) is 4.83 Å². The second-order valence-corrected chi connectivity index (χ2v) is 6.05. The van der Waals surface area contributed by atoms with Crippen LogP contribution in [0.5, 0.6) is 0 Å². The molecule has 0 aliphatic carbocycles. The van der Waals surface area contributed by atoms with Gasteiger partial charge in [-0.05, 0) is 29.2 Å². The molecule has 0 rings (SSSR count). The average Bonchev–Trinajstić information content (AvgIpc) is 2.46. The van der Waals surface area contributed by atoms with Crippen LogP contribution in [-0.4, -0.2) is 4.83 Å². The number of unbranched alkanes of at least 4 members (excludes halogenated alkanes) is 3. The van der Waals surface area contributed by atoms with E-state index in [9.17, 15) is 0 Å². The maximum absolute atomic E-state index is 3.58. The summed E-state index contributed by atoms with van der Waals surface area (Å²) in [5.74, 6) is 0. The Balaban J connectivity index is -0.000000203. The lowest BCUT2D eigenvalue weighted by Crippen LogP contribution is -1.83. The quantitative estimate of drug-likeness (QED) is 0.204. The summed E-state index contributed by atoms with van der Waals surface area (Å²) in [6.45, 7) is 10.1. The third kappa shape index (κ3) is 38.1. The zero-order chi connectivity index (χ0) is 15.4. The van der Waals surface area contributed by atoms with Crippen molar-refractivity contribution in [1.82, 2.24) is 0 Å². The molecule has 0 saturated heterocycles. The Kier molecular flexibility index (Phi) is 35.2. The van der Waals surface area contributed by atoms with Crippen molar-refractivity contribution in [1.29, 1.82) is 0 Å². The molecule has 0 nitrogen and oxygen atoms in total. The van der Waals surface area contributed by atoms with Crippen molar-refractivity contribution in [3.05, 3.63) is 34.8 Å². The van der Waals surface area contributed by atoms with Gasteiger partial charge in [0.15, 0.2) is 0 Å². The summed E-state index contributed by atoms with van der Waals surface area (Å²) < 4.78 is 0. The van der Waals surface area contributed by atoms with Gasteiger partial charge in [0.25, 0.3) is 0 Å². The van der Waals surface area contributed by atoms with Crippen LogP contribution in [-0.2, 0) is 0 Å². The standard InChI is InChI=1S/C6H11Br.2C5H9Br/c1-2-3-4-5-6-7;1-3-5(6)4-2;1-2-3-4-5-6/h5-6H,2-4H2,1H3;3,5H,1,4H2,2H3;4-5H,2-3H2,1H3/b6-5+;;5-4+. The molecule has 1 atom stereocenters. The SMILES string of the molecule is C=CC(Br)CC.CCC/C=C/Br.CCCC/C=C/Br. The third-order valence-corrected chi connectivity index (χ3v) is 3.77. The first-order chi connectivity index (χ1) is 9.14. The third-order valence-electron chi connectivity index (χ3n) is 2.00.